The Balaban J connectivity index is 2.81. The van der Waals surface area contributed by atoms with E-state index in [0.717, 1.165) is 12.1 Å². The molecule has 1 aromatic carbocycles. The van der Waals surface area contributed by atoms with Gasteiger partial charge in [-0.2, -0.15) is 0 Å². The van der Waals surface area contributed by atoms with E-state index in [1.165, 1.54) is 6.07 Å². The fraction of sp³-hybridized carbons (Fsp3) is 0.400. The van der Waals surface area contributed by atoms with Gasteiger partial charge in [-0.25, -0.2) is 8.78 Å². The minimum atomic E-state index is -0.402. The van der Waals surface area contributed by atoms with Gasteiger partial charge in [0.1, 0.15) is 11.6 Å². The van der Waals surface area contributed by atoms with Crippen LogP contribution in [0.1, 0.15) is 12.5 Å². The Hall–Kier alpha value is -0.960. The Bertz CT molecular complexity index is 286. The van der Waals surface area contributed by atoms with Gasteiger partial charge in [-0.1, -0.05) is 6.92 Å². The first-order valence-corrected chi connectivity index (χ1v) is 4.27. The van der Waals surface area contributed by atoms with Crippen molar-refractivity contribution in [3.63, 3.8) is 0 Å². The molecule has 2 N–H and O–H groups in total. The molecule has 0 aliphatic carbocycles. The van der Waals surface area contributed by atoms with Gasteiger partial charge >= 0.3 is 0 Å². The monoisotopic (exact) mass is 185 g/mol. The Labute approximate surface area is 76.6 Å². The summed E-state index contributed by atoms with van der Waals surface area (Å²) in [5, 5.41) is 0. The molecule has 3 heteroatoms. The first-order chi connectivity index (χ1) is 6.13. The lowest BCUT2D eigenvalue weighted by molar-refractivity contribution is 0.541. The van der Waals surface area contributed by atoms with Crippen molar-refractivity contribution >= 4 is 0 Å². The summed E-state index contributed by atoms with van der Waals surface area (Å²) in [6.07, 6.45) is 0.486. The van der Waals surface area contributed by atoms with Gasteiger partial charge in [0.05, 0.1) is 0 Å². The Kier molecular flexibility index (Phi) is 3.37. The maximum absolute atomic E-state index is 13.1. The van der Waals surface area contributed by atoms with E-state index in [-0.39, 0.29) is 11.7 Å². The third kappa shape index (κ3) is 2.77. The molecule has 0 radical (unpaired) electrons. The number of hydrogen-bond donors (Lipinski definition) is 1. The van der Waals surface area contributed by atoms with Gasteiger partial charge in [0.25, 0.3) is 0 Å². The summed E-state index contributed by atoms with van der Waals surface area (Å²) < 4.78 is 25.8. The van der Waals surface area contributed by atoms with Crippen LogP contribution in [-0.2, 0) is 6.42 Å². The van der Waals surface area contributed by atoms with Crippen molar-refractivity contribution in [3.05, 3.63) is 35.4 Å². The average Bonchev–Trinajstić information content (AvgIpc) is 2.11. The molecule has 0 spiro atoms. The predicted octanol–water partition coefficient (Wildman–Crippen LogP) is 2.10. The van der Waals surface area contributed by atoms with Crippen molar-refractivity contribution in [2.45, 2.75) is 13.3 Å². The molecule has 0 saturated heterocycles. The van der Waals surface area contributed by atoms with E-state index in [1.807, 2.05) is 6.92 Å². The molecule has 72 valence electrons. The zero-order chi connectivity index (χ0) is 9.84. The van der Waals surface area contributed by atoms with Crippen LogP contribution in [0.4, 0.5) is 8.78 Å². The maximum atomic E-state index is 13.1. The van der Waals surface area contributed by atoms with E-state index in [0.29, 0.717) is 18.5 Å². The van der Waals surface area contributed by atoms with Crippen LogP contribution < -0.4 is 5.73 Å². The summed E-state index contributed by atoms with van der Waals surface area (Å²) >= 11 is 0. The highest BCUT2D eigenvalue weighted by Gasteiger charge is 2.07. The maximum Gasteiger partial charge on any atom is 0.126 e. The van der Waals surface area contributed by atoms with Crippen molar-refractivity contribution in [1.29, 1.82) is 0 Å². The lowest BCUT2D eigenvalue weighted by Crippen LogP contribution is -2.13. The molecule has 1 unspecified atom stereocenters. The molecule has 0 bridgehead atoms. The highest BCUT2D eigenvalue weighted by Crippen LogP contribution is 2.13. The van der Waals surface area contributed by atoms with Crippen molar-refractivity contribution in [3.8, 4) is 0 Å². The van der Waals surface area contributed by atoms with Crippen LogP contribution in [0.5, 0.6) is 0 Å². The molecular formula is C10H13F2N. The largest absolute Gasteiger partial charge is 0.330 e. The number of rotatable bonds is 3. The first-order valence-electron chi connectivity index (χ1n) is 4.27. The van der Waals surface area contributed by atoms with Crippen LogP contribution in [0.25, 0.3) is 0 Å². The number of nitrogens with two attached hydrogens (primary N) is 1. The van der Waals surface area contributed by atoms with Gasteiger partial charge in [0.15, 0.2) is 0 Å². The van der Waals surface area contributed by atoms with E-state index in [1.54, 1.807) is 0 Å². The van der Waals surface area contributed by atoms with Gasteiger partial charge in [0, 0.05) is 0 Å². The van der Waals surface area contributed by atoms with Gasteiger partial charge < -0.3 is 5.73 Å². The SMILES string of the molecule is CC(CN)Cc1cc(F)ccc1F. The minimum absolute atomic E-state index is 0.177. The first kappa shape index (κ1) is 10.1. The van der Waals surface area contributed by atoms with Crippen LogP contribution in [-0.4, -0.2) is 6.54 Å². The Morgan fingerprint density at radius 3 is 2.69 bits per heavy atom. The molecule has 0 aliphatic rings. The summed E-state index contributed by atoms with van der Waals surface area (Å²) in [5.74, 6) is -0.585. The highest BCUT2D eigenvalue weighted by molar-refractivity contribution is 5.19. The van der Waals surface area contributed by atoms with Crippen LogP contribution >= 0.6 is 0 Å². The second-order valence-electron chi connectivity index (χ2n) is 3.28. The lowest BCUT2D eigenvalue weighted by Gasteiger charge is -2.08. The molecule has 0 saturated carbocycles. The van der Waals surface area contributed by atoms with E-state index in [4.69, 9.17) is 5.73 Å². The second-order valence-corrected chi connectivity index (χ2v) is 3.28. The summed E-state index contributed by atoms with van der Waals surface area (Å²) in [5.41, 5.74) is 5.79. The number of halogens is 2. The topological polar surface area (TPSA) is 26.0 Å². The highest BCUT2D eigenvalue weighted by atomic mass is 19.1. The van der Waals surface area contributed by atoms with E-state index in [2.05, 4.69) is 0 Å². The van der Waals surface area contributed by atoms with Crippen molar-refractivity contribution in [1.82, 2.24) is 0 Å². The molecule has 0 fully saturated rings. The molecule has 13 heavy (non-hydrogen) atoms. The Morgan fingerprint density at radius 1 is 1.38 bits per heavy atom. The molecule has 0 aliphatic heterocycles. The van der Waals surface area contributed by atoms with Crippen molar-refractivity contribution in [2.24, 2.45) is 11.7 Å². The zero-order valence-electron chi connectivity index (χ0n) is 7.56. The summed E-state index contributed by atoms with van der Waals surface area (Å²) in [7, 11) is 0. The van der Waals surface area contributed by atoms with Crippen LogP contribution in [0.2, 0.25) is 0 Å². The van der Waals surface area contributed by atoms with Crippen LogP contribution in [0, 0.1) is 17.6 Å². The van der Waals surface area contributed by atoms with E-state index < -0.39 is 5.82 Å². The summed E-state index contributed by atoms with van der Waals surface area (Å²) in [4.78, 5) is 0. The molecule has 1 atom stereocenters. The molecule has 1 nitrogen and oxygen atoms in total. The normalized spacial score (nSPS) is 12.9. The van der Waals surface area contributed by atoms with Crippen LogP contribution in [0.3, 0.4) is 0 Å². The Morgan fingerprint density at radius 2 is 2.08 bits per heavy atom. The summed E-state index contributed by atoms with van der Waals surface area (Å²) in [6, 6.07) is 3.49. The standard InChI is InChI=1S/C10H13F2N/c1-7(6-13)4-8-5-9(11)2-3-10(8)12/h2-3,5,7H,4,6,13H2,1H3. The van der Waals surface area contributed by atoms with Gasteiger partial charge in [-0.15, -0.1) is 0 Å². The molecule has 1 rings (SSSR count). The fourth-order valence-electron chi connectivity index (χ4n) is 1.16. The smallest absolute Gasteiger partial charge is 0.126 e. The van der Waals surface area contributed by atoms with Crippen molar-refractivity contribution in [2.75, 3.05) is 6.54 Å². The van der Waals surface area contributed by atoms with E-state index in [9.17, 15) is 8.78 Å². The number of benzene rings is 1. The predicted molar refractivity (Wildman–Crippen MR) is 48.3 cm³/mol. The van der Waals surface area contributed by atoms with Gasteiger partial charge in [-0.3, -0.25) is 0 Å². The third-order valence-electron chi connectivity index (χ3n) is 1.98. The second kappa shape index (κ2) is 4.33. The number of hydrogen-bond acceptors (Lipinski definition) is 1. The molecule has 0 heterocycles. The zero-order valence-corrected chi connectivity index (χ0v) is 7.56. The molecular weight excluding hydrogens is 172 g/mol. The molecule has 0 amide bonds. The van der Waals surface area contributed by atoms with Crippen molar-refractivity contribution < 1.29 is 8.78 Å². The van der Waals surface area contributed by atoms with Gasteiger partial charge in [0.2, 0.25) is 0 Å². The summed E-state index contributed by atoms with van der Waals surface area (Å²) in [6.45, 7) is 2.39. The average molecular weight is 185 g/mol. The van der Waals surface area contributed by atoms with Gasteiger partial charge in [-0.05, 0) is 42.6 Å². The molecule has 1 aromatic rings. The van der Waals surface area contributed by atoms with Crippen LogP contribution in [0.15, 0.2) is 18.2 Å². The fourth-order valence-corrected chi connectivity index (χ4v) is 1.16. The third-order valence-corrected chi connectivity index (χ3v) is 1.98. The molecule has 0 aromatic heterocycles. The van der Waals surface area contributed by atoms with E-state index >= 15 is 0 Å². The minimum Gasteiger partial charge on any atom is -0.330 e. The lowest BCUT2D eigenvalue weighted by atomic mass is 10.0. The quantitative estimate of drug-likeness (QED) is 0.766.